The van der Waals surface area contributed by atoms with E-state index in [9.17, 15) is 9.59 Å². The lowest BCUT2D eigenvalue weighted by Gasteiger charge is -2.30. The summed E-state index contributed by atoms with van der Waals surface area (Å²) in [6.45, 7) is 9.55. The number of ether oxygens (including phenoxy) is 1. The molecular weight excluding hydrogens is 248 g/mol. The number of rotatable bonds is 4. The molecular formula is C13H24N2O4. The van der Waals surface area contributed by atoms with Crippen molar-refractivity contribution < 1.29 is 19.4 Å². The highest BCUT2D eigenvalue weighted by atomic mass is 16.6. The van der Waals surface area contributed by atoms with E-state index in [1.165, 1.54) is 0 Å². The van der Waals surface area contributed by atoms with Gasteiger partial charge < -0.3 is 20.1 Å². The summed E-state index contributed by atoms with van der Waals surface area (Å²) >= 11 is 0. The Kier molecular flexibility index (Phi) is 4.79. The molecule has 1 aliphatic rings. The van der Waals surface area contributed by atoms with E-state index in [4.69, 9.17) is 9.84 Å². The minimum absolute atomic E-state index is 0.0806. The van der Waals surface area contributed by atoms with Crippen LogP contribution in [0.4, 0.5) is 4.79 Å². The van der Waals surface area contributed by atoms with Crippen LogP contribution in [0.15, 0.2) is 0 Å². The van der Waals surface area contributed by atoms with Gasteiger partial charge in [-0.05, 0) is 33.7 Å². The van der Waals surface area contributed by atoms with Gasteiger partial charge in [-0.25, -0.2) is 4.79 Å². The van der Waals surface area contributed by atoms with Crippen LogP contribution in [0, 0.1) is 0 Å². The van der Waals surface area contributed by atoms with Crippen LogP contribution >= 0.6 is 0 Å². The highest BCUT2D eigenvalue weighted by Gasteiger charge is 2.41. The molecule has 0 aromatic heterocycles. The molecule has 110 valence electrons. The second kappa shape index (κ2) is 5.77. The number of likely N-dealkylation sites (N-methyl/N-ethyl adjacent to an activating group) is 1. The SMILES string of the molecule is CCN1CCC(CC(=O)O)(NC(=O)OC(C)(C)C)C1. The van der Waals surface area contributed by atoms with Gasteiger partial charge in [0, 0.05) is 13.1 Å². The van der Waals surface area contributed by atoms with Crippen LogP contribution in [0.2, 0.25) is 0 Å². The van der Waals surface area contributed by atoms with Gasteiger partial charge in [-0.1, -0.05) is 6.92 Å². The molecule has 0 radical (unpaired) electrons. The van der Waals surface area contributed by atoms with Gasteiger partial charge in [0.2, 0.25) is 0 Å². The first-order valence-corrected chi connectivity index (χ1v) is 6.61. The first-order valence-electron chi connectivity index (χ1n) is 6.61. The minimum Gasteiger partial charge on any atom is -0.481 e. The Balaban J connectivity index is 2.71. The van der Waals surface area contributed by atoms with Crippen LogP contribution in [0.25, 0.3) is 0 Å². The maximum absolute atomic E-state index is 11.9. The van der Waals surface area contributed by atoms with Gasteiger partial charge in [-0.2, -0.15) is 0 Å². The second-order valence-electron chi connectivity index (χ2n) is 6.10. The molecule has 0 aromatic carbocycles. The van der Waals surface area contributed by atoms with Crippen LogP contribution in [0.3, 0.4) is 0 Å². The average molecular weight is 272 g/mol. The fourth-order valence-electron chi connectivity index (χ4n) is 2.33. The van der Waals surface area contributed by atoms with Crippen molar-refractivity contribution in [3.8, 4) is 0 Å². The second-order valence-corrected chi connectivity index (χ2v) is 6.10. The topological polar surface area (TPSA) is 78.9 Å². The number of hydrogen-bond donors (Lipinski definition) is 2. The van der Waals surface area contributed by atoms with E-state index in [1.807, 2.05) is 6.92 Å². The highest BCUT2D eigenvalue weighted by molar-refractivity contribution is 5.73. The zero-order valence-corrected chi connectivity index (χ0v) is 12.2. The predicted molar refractivity (Wildman–Crippen MR) is 71.1 cm³/mol. The Labute approximate surface area is 114 Å². The minimum atomic E-state index is -0.908. The zero-order valence-electron chi connectivity index (χ0n) is 12.2. The number of nitrogens with one attached hydrogen (secondary N) is 1. The summed E-state index contributed by atoms with van der Waals surface area (Å²) in [4.78, 5) is 25.0. The first-order chi connectivity index (χ1) is 8.66. The maximum atomic E-state index is 11.9. The molecule has 0 aliphatic carbocycles. The molecule has 1 unspecified atom stereocenters. The van der Waals surface area contributed by atoms with Crippen molar-refractivity contribution in [2.45, 2.75) is 51.7 Å². The van der Waals surface area contributed by atoms with Crippen molar-refractivity contribution in [1.82, 2.24) is 10.2 Å². The number of nitrogens with zero attached hydrogens (tertiary/aromatic N) is 1. The third-order valence-corrected chi connectivity index (χ3v) is 3.14. The predicted octanol–water partition coefficient (Wildman–Crippen LogP) is 1.45. The molecule has 1 fully saturated rings. The third-order valence-electron chi connectivity index (χ3n) is 3.14. The summed E-state index contributed by atoms with van der Waals surface area (Å²) in [5.41, 5.74) is -1.30. The number of carboxylic acids is 1. The molecule has 0 bridgehead atoms. The number of amides is 1. The number of carbonyl (C=O) groups excluding carboxylic acids is 1. The van der Waals surface area contributed by atoms with Crippen molar-refractivity contribution in [3.63, 3.8) is 0 Å². The van der Waals surface area contributed by atoms with Crippen molar-refractivity contribution in [1.29, 1.82) is 0 Å². The van der Waals surface area contributed by atoms with Crippen molar-refractivity contribution in [2.24, 2.45) is 0 Å². The van der Waals surface area contributed by atoms with E-state index >= 15 is 0 Å². The molecule has 6 nitrogen and oxygen atoms in total. The van der Waals surface area contributed by atoms with Gasteiger partial charge in [-0.3, -0.25) is 4.79 Å². The molecule has 1 saturated heterocycles. The first kappa shape index (κ1) is 15.8. The number of hydrogen-bond acceptors (Lipinski definition) is 4. The van der Waals surface area contributed by atoms with Crippen LogP contribution in [0.1, 0.15) is 40.5 Å². The molecule has 6 heteroatoms. The van der Waals surface area contributed by atoms with Crippen molar-refractivity contribution in [3.05, 3.63) is 0 Å². The van der Waals surface area contributed by atoms with E-state index in [0.29, 0.717) is 13.0 Å². The largest absolute Gasteiger partial charge is 0.481 e. The Morgan fingerprint density at radius 1 is 1.42 bits per heavy atom. The van der Waals surface area contributed by atoms with E-state index in [0.717, 1.165) is 13.1 Å². The lowest BCUT2D eigenvalue weighted by molar-refractivity contribution is -0.138. The average Bonchev–Trinajstić information content (AvgIpc) is 2.56. The Morgan fingerprint density at radius 3 is 2.47 bits per heavy atom. The van der Waals surface area contributed by atoms with E-state index in [1.54, 1.807) is 20.8 Å². The monoisotopic (exact) mass is 272 g/mol. The maximum Gasteiger partial charge on any atom is 0.408 e. The van der Waals surface area contributed by atoms with Crippen LogP contribution in [0.5, 0.6) is 0 Å². The van der Waals surface area contributed by atoms with E-state index in [2.05, 4.69) is 10.2 Å². The summed E-state index contributed by atoms with van der Waals surface area (Å²) in [6.07, 6.45) is 0.00137. The zero-order chi connectivity index (χ0) is 14.7. The molecule has 1 rings (SSSR count). The normalized spacial score (nSPS) is 24.2. The fourth-order valence-corrected chi connectivity index (χ4v) is 2.33. The van der Waals surface area contributed by atoms with Gasteiger partial charge in [0.25, 0.3) is 0 Å². The van der Waals surface area contributed by atoms with Gasteiger partial charge in [-0.15, -0.1) is 0 Å². The lowest BCUT2D eigenvalue weighted by Crippen LogP contribution is -2.53. The molecule has 0 spiro atoms. The number of carboxylic acid groups (broad SMARTS) is 1. The molecule has 0 aromatic rings. The molecule has 0 saturated carbocycles. The third kappa shape index (κ3) is 5.06. The lowest BCUT2D eigenvalue weighted by atomic mass is 9.94. The highest BCUT2D eigenvalue weighted by Crippen LogP contribution is 2.25. The number of likely N-dealkylation sites (tertiary alicyclic amines) is 1. The Bertz CT molecular complexity index is 351. The van der Waals surface area contributed by atoms with Crippen LogP contribution in [-0.2, 0) is 9.53 Å². The number of alkyl carbamates (subject to hydrolysis) is 1. The van der Waals surface area contributed by atoms with E-state index in [-0.39, 0.29) is 6.42 Å². The Morgan fingerprint density at radius 2 is 2.05 bits per heavy atom. The summed E-state index contributed by atoms with van der Waals surface area (Å²) in [7, 11) is 0. The van der Waals surface area contributed by atoms with Gasteiger partial charge in [0.15, 0.2) is 0 Å². The van der Waals surface area contributed by atoms with E-state index < -0.39 is 23.2 Å². The van der Waals surface area contributed by atoms with Gasteiger partial charge in [0.05, 0.1) is 12.0 Å². The van der Waals surface area contributed by atoms with Crippen LogP contribution < -0.4 is 5.32 Å². The molecule has 1 amide bonds. The van der Waals surface area contributed by atoms with Crippen molar-refractivity contribution in [2.75, 3.05) is 19.6 Å². The summed E-state index contributed by atoms with van der Waals surface area (Å²) < 4.78 is 5.21. The standard InChI is InChI=1S/C13H24N2O4/c1-5-15-7-6-13(9-15,8-10(16)17)14-11(18)19-12(2,3)4/h5-9H2,1-4H3,(H,14,18)(H,16,17). The number of carbonyl (C=O) groups is 2. The van der Waals surface area contributed by atoms with Gasteiger partial charge >= 0.3 is 12.1 Å². The van der Waals surface area contributed by atoms with Crippen LogP contribution in [-0.4, -0.2) is 52.8 Å². The quantitative estimate of drug-likeness (QED) is 0.810. The molecule has 19 heavy (non-hydrogen) atoms. The summed E-state index contributed by atoms with van der Waals surface area (Å²) in [5, 5.41) is 11.8. The molecule has 1 heterocycles. The molecule has 1 aliphatic heterocycles. The van der Waals surface area contributed by atoms with Crippen molar-refractivity contribution >= 4 is 12.1 Å². The smallest absolute Gasteiger partial charge is 0.408 e. The summed E-state index contributed by atoms with van der Waals surface area (Å²) in [5.74, 6) is -0.908. The summed E-state index contributed by atoms with van der Waals surface area (Å²) in [6, 6.07) is 0. The molecule has 2 N–H and O–H groups in total. The fraction of sp³-hybridized carbons (Fsp3) is 0.846. The Hall–Kier alpha value is -1.30. The number of aliphatic carboxylic acids is 1. The van der Waals surface area contributed by atoms with Gasteiger partial charge in [0.1, 0.15) is 5.60 Å². The molecule has 1 atom stereocenters.